The summed E-state index contributed by atoms with van der Waals surface area (Å²) in [6, 6.07) is 0.256. The molecule has 2 heterocycles. The SMILES string of the molecule is CCC1(CC)CN(C(C)c2ncc(C)o2)CCCN1. The minimum Gasteiger partial charge on any atom is -0.444 e. The number of rotatable bonds is 4. The van der Waals surface area contributed by atoms with Crippen LogP contribution in [0.1, 0.15) is 57.7 Å². The summed E-state index contributed by atoms with van der Waals surface area (Å²) < 4.78 is 5.70. The summed E-state index contributed by atoms with van der Waals surface area (Å²) in [6.07, 6.45) is 5.33. The van der Waals surface area contributed by atoms with Gasteiger partial charge in [-0.3, -0.25) is 4.90 Å². The van der Waals surface area contributed by atoms with Crippen molar-refractivity contribution in [2.24, 2.45) is 0 Å². The maximum atomic E-state index is 5.70. The molecule has 1 aromatic rings. The zero-order valence-electron chi connectivity index (χ0n) is 12.7. The minimum absolute atomic E-state index is 0.242. The Morgan fingerprint density at radius 2 is 2.21 bits per heavy atom. The summed E-state index contributed by atoms with van der Waals surface area (Å²) >= 11 is 0. The summed E-state index contributed by atoms with van der Waals surface area (Å²) in [6.45, 7) is 12.0. The normalized spacial score (nSPS) is 22.1. The molecule has 1 saturated heterocycles. The summed E-state index contributed by atoms with van der Waals surface area (Å²) in [5, 5.41) is 3.74. The van der Waals surface area contributed by atoms with E-state index in [9.17, 15) is 0 Å². The van der Waals surface area contributed by atoms with Crippen molar-refractivity contribution < 1.29 is 4.42 Å². The van der Waals surface area contributed by atoms with Gasteiger partial charge >= 0.3 is 0 Å². The zero-order chi connectivity index (χ0) is 13.9. The van der Waals surface area contributed by atoms with E-state index < -0.39 is 0 Å². The number of hydrogen-bond donors (Lipinski definition) is 1. The second-order valence-corrected chi connectivity index (χ2v) is 5.72. The van der Waals surface area contributed by atoms with Crippen molar-refractivity contribution in [2.75, 3.05) is 19.6 Å². The van der Waals surface area contributed by atoms with Crippen molar-refractivity contribution in [1.29, 1.82) is 0 Å². The third-order valence-corrected chi connectivity index (χ3v) is 4.53. The Morgan fingerprint density at radius 1 is 1.47 bits per heavy atom. The molecule has 0 amide bonds. The first-order valence-corrected chi connectivity index (χ1v) is 7.51. The molecule has 1 aliphatic rings. The molecule has 0 spiro atoms. The molecule has 0 saturated carbocycles. The Bertz CT molecular complexity index is 398. The van der Waals surface area contributed by atoms with Crippen molar-refractivity contribution in [1.82, 2.24) is 15.2 Å². The van der Waals surface area contributed by atoms with Gasteiger partial charge in [-0.1, -0.05) is 13.8 Å². The van der Waals surface area contributed by atoms with Crippen molar-refractivity contribution in [3.8, 4) is 0 Å². The number of hydrogen-bond acceptors (Lipinski definition) is 4. The maximum Gasteiger partial charge on any atom is 0.211 e. The first-order valence-electron chi connectivity index (χ1n) is 7.51. The number of oxazole rings is 1. The molecule has 1 N–H and O–H groups in total. The van der Waals surface area contributed by atoms with Crippen LogP contribution >= 0.6 is 0 Å². The fourth-order valence-corrected chi connectivity index (χ4v) is 2.94. The lowest BCUT2D eigenvalue weighted by atomic mass is 9.92. The molecule has 0 bridgehead atoms. The van der Waals surface area contributed by atoms with Crippen molar-refractivity contribution >= 4 is 0 Å². The first-order chi connectivity index (χ1) is 9.10. The zero-order valence-corrected chi connectivity index (χ0v) is 12.7. The molecule has 1 aromatic heterocycles. The lowest BCUT2D eigenvalue weighted by Crippen LogP contribution is -2.51. The van der Waals surface area contributed by atoms with Crippen LogP contribution in [0.5, 0.6) is 0 Å². The average Bonchev–Trinajstić information content (AvgIpc) is 2.75. The summed E-state index contributed by atoms with van der Waals surface area (Å²) in [5.74, 6) is 1.74. The molecule has 1 unspecified atom stereocenters. The second kappa shape index (κ2) is 6.06. The Hall–Kier alpha value is -0.870. The van der Waals surface area contributed by atoms with Gasteiger partial charge in [0.2, 0.25) is 5.89 Å². The highest BCUT2D eigenvalue weighted by Crippen LogP contribution is 2.27. The highest BCUT2D eigenvalue weighted by atomic mass is 16.4. The fraction of sp³-hybridized carbons (Fsp3) is 0.800. The molecule has 0 aromatic carbocycles. The standard InChI is InChI=1S/C15H27N3O/c1-5-15(6-2)11-18(9-7-8-17-15)13(4)14-16-10-12(3)19-14/h10,13,17H,5-9,11H2,1-4H3. The lowest BCUT2D eigenvalue weighted by Gasteiger charge is -2.37. The van der Waals surface area contributed by atoms with Gasteiger partial charge in [0.05, 0.1) is 12.2 Å². The molecule has 1 fully saturated rings. The van der Waals surface area contributed by atoms with E-state index in [4.69, 9.17) is 4.42 Å². The van der Waals surface area contributed by atoms with Gasteiger partial charge in [0.25, 0.3) is 0 Å². The minimum atomic E-state index is 0.242. The number of nitrogens with one attached hydrogen (secondary N) is 1. The van der Waals surface area contributed by atoms with E-state index in [0.717, 1.165) is 44.1 Å². The predicted molar refractivity (Wildman–Crippen MR) is 77.2 cm³/mol. The Morgan fingerprint density at radius 3 is 2.79 bits per heavy atom. The number of nitrogens with zero attached hydrogens (tertiary/aromatic N) is 2. The van der Waals surface area contributed by atoms with E-state index in [1.54, 1.807) is 0 Å². The Kier molecular flexibility index (Phi) is 4.63. The van der Waals surface area contributed by atoms with E-state index in [1.807, 2.05) is 13.1 Å². The molecule has 19 heavy (non-hydrogen) atoms. The second-order valence-electron chi connectivity index (χ2n) is 5.72. The van der Waals surface area contributed by atoms with Gasteiger partial charge < -0.3 is 9.73 Å². The van der Waals surface area contributed by atoms with Gasteiger partial charge in [-0.05, 0) is 39.7 Å². The smallest absolute Gasteiger partial charge is 0.211 e. The molecule has 2 rings (SSSR count). The van der Waals surface area contributed by atoms with Gasteiger partial charge in [0.1, 0.15) is 5.76 Å². The third-order valence-electron chi connectivity index (χ3n) is 4.53. The first kappa shape index (κ1) is 14.5. The van der Waals surface area contributed by atoms with Gasteiger partial charge in [0, 0.05) is 18.6 Å². The average molecular weight is 265 g/mol. The van der Waals surface area contributed by atoms with Gasteiger partial charge in [0.15, 0.2) is 0 Å². The van der Waals surface area contributed by atoms with Crippen LogP contribution in [-0.2, 0) is 0 Å². The summed E-state index contributed by atoms with van der Waals surface area (Å²) in [5.41, 5.74) is 0.242. The quantitative estimate of drug-likeness (QED) is 0.909. The van der Waals surface area contributed by atoms with Crippen molar-refractivity contribution in [2.45, 2.75) is 58.5 Å². The monoisotopic (exact) mass is 265 g/mol. The van der Waals surface area contributed by atoms with Gasteiger partial charge in [-0.2, -0.15) is 0 Å². The molecule has 1 atom stereocenters. The van der Waals surface area contributed by atoms with Crippen LogP contribution in [0.15, 0.2) is 10.6 Å². The van der Waals surface area contributed by atoms with Crippen LogP contribution in [0.4, 0.5) is 0 Å². The third kappa shape index (κ3) is 3.18. The summed E-state index contributed by atoms with van der Waals surface area (Å²) in [7, 11) is 0. The molecular weight excluding hydrogens is 238 g/mol. The van der Waals surface area contributed by atoms with Crippen molar-refractivity contribution in [3.63, 3.8) is 0 Å². The largest absolute Gasteiger partial charge is 0.444 e. The van der Waals surface area contributed by atoms with Gasteiger partial charge in [-0.25, -0.2) is 4.98 Å². The topological polar surface area (TPSA) is 41.3 Å². The molecule has 4 heteroatoms. The van der Waals surface area contributed by atoms with E-state index in [-0.39, 0.29) is 11.6 Å². The molecule has 108 valence electrons. The molecular formula is C15H27N3O. The maximum absolute atomic E-state index is 5.70. The molecule has 1 aliphatic heterocycles. The highest BCUT2D eigenvalue weighted by Gasteiger charge is 2.33. The van der Waals surface area contributed by atoms with Crippen LogP contribution in [0.25, 0.3) is 0 Å². The van der Waals surface area contributed by atoms with E-state index >= 15 is 0 Å². The van der Waals surface area contributed by atoms with Crippen LogP contribution in [0.3, 0.4) is 0 Å². The predicted octanol–water partition coefficient (Wildman–Crippen LogP) is 2.90. The van der Waals surface area contributed by atoms with E-state index in [1.165, 1.54) is 6.42 Å². The molecule has 0 aliphatic carbocycles. The lowest BCUT2D eigenvalue weighted by molar-refractivity contribution is 0.139. The number of aromatic nitrogens is 1. The summed E-state index contributed by atoms with van der Waals surface area (Å²) in [4.78, 5) is 6.90. The molecule has 0 radical (unpaired) electrons. The van der Waals surface area contributed by atoms with Crippen LogP contribution in [0, 0.1) is 6.92 Å². The van der Waals surface area contributed by atoms with E-state index in [0.29, 0.717) is 0 Å². The van der Waals surface area contributed by atoms with Crippen LogP contribution in [-0.4, -0.2) is 35.1 Å². The van der Waals surface area contributed by atoms with Crippen LogP contribution in [0.2, 0.25) is 0 Å². The fourth-order valence-electron chi connectivity index (χ4n) is 2.94. The van der Waals surface area contributed by atoms with Crippen molar-refractivity contribution in [3.05, 3.63) is 17.8 Å². The Labute approximate surface area is 116 Å². The number of aryl methyl sites for hydroxylation is 1. The highest BCUT2D eigenvalue weighted by molar-refractivity contribution is 4.99. The van der Waals surface area contributed by atoms with Gasteiger partial charge in [-0.15, -0.1) is 0 Å². The Balaban J connectivity index is 2.13. The molecule has 4 nitrogen and oxygen atoms in total. The van der Waals surface area contributed by atoms with Crippen LogP contribution < -0.4 is 5.32 Å². The van der Waals surface area contributed by atoms with E-state index in [2.05, 4.69) is 36.0 Å².